The smallest absolute Gasteiger partial charge is 0.411 e. The van der Waals surface area contributed by atoms with E-state index in [1.165, 1.54) is 4.90 Å². The standard InChI is InChI=1S/C17H23NO4/c1-17(2,3)22-16(20)18-11-13(21-4)10-14(18)15(19)12-8-6-5-7-9-12/h5-9,13-14H,10-11H2,1-4H3/t13-,14-/m1/s1. The first-order valence-corrected chi connectivity index (χ1v) is 7.43. The zero-order valence-corrected chi connectivity index (χ0v) is 13.5. The molecule has 0 saturated carbocycles. The molecule has 0 aromatic heterocycles. The minimum absolute atomic E-state index is 0.0778. The average Bonchev–Trinajstić information content (AvgIpc) is 2.90. The summed E-state index contributed by atoms with van der Waals surface area (Å²) in [6, 6.07) is 8.46. The van der Waals surface area contributed by atoms with E-state index in [1.54, 1.807) is 19.2 Å². The summed E-state index contributed by atoms with van der Waals surface area (Å²) in [7, 11) is 1.59. The van der Waals surface area contributed by atoms with Crippen molar-refractivity contribution < 1.29 is 19.1 Å². The largest absolute Gasteiger partial charge is 0.444 e. The molecule has 1 aliphatic heterocycles. The van der Waals surface area contributed by atoms with Gasteiger partial charge in [-0.25, -0.2) is 4.79 Å². The van der Waals surface area contributed by atoms with E-state index in [4.69, 9.17) is 9.47 Å². The van der Waals surface area contributed by atoms with Gasteiger partial charge in [-0.3, -0.25) is 9.69 Å². The number of hydrogen-bond donors (Lipinski definition) is 0. The van der Waals surface area contributed by atoms with E-state index in [0.29, 0.717) is 18.5 Å². The monoisotopic (exact) mass is 305 g/mol. The number of amides is 1. The van der Waals surface area contributed by atoms with Crippen LogP contribution in [0, 0.1) is 0 Å². The number of hydrogen-bond acceptors (Lipinski definition) is 4. The second-order valence-electron chi connectivity index (χ2n) is 6.47. The Morgan fingerprint density at radius 2 is 1.82 bits per heavy atom. The third-order valence-corrected chi connectivity index (χ3v) is 3.59. The SMILES string of the molecule is CO[C@@H]1C[C@H](C(=O)c2ccccc2)N(C(=O)OC(C)(C)C)C1. The van der Waals surface area contributed by atoms with Crippen molar-refractivity contribution in [3.8, 4) is 0 Å². The van der Waals surface area contributed by atoms with Crippen molar-refractivity contribution >= 4 is 11.9 Å². The molecular formula is C17H23NO4. The van der Waals surface area contributed by atoms with Crippen LogP contribution in [0.25, 0.3) is 0 Å². The number of carbonyl (C=O) groups excluding carboxylic acids is 2. The number of Topliss-reactive ketones (excluding diaryl/α,β-unsaturated/α-hetero) is 1. The Morgan fingerprint density at radius 3 is 2.36 bits per heavy atom. The summed E-state index contributed by atoms with van der Waals surface area (Å²) in [6.07, 6.45) is -0.129. The molecule has 1 aromatic rings. The van der Waals surface area contributed by atoms with Crippen molar-refractivity contribution in [2.45, 2.75) is 44.9 Å². The van der Waals surface area contributed by atoms with E-state index in [-0.39, 0.29) is 11.9 Å². The van der Waals surface area contributed by atoms with Gasteiger partial charge in [-0.2, -0.15) is 0 Å². The summed E-state index contributed by atoms with van der Waals surface area (Å²) < 4.78 is 10.7. The molecule has 120 valence electrons. The molecule has 1 heterocycles. The van der Waals surface area contributed by atoms with E-state index in [9.17, 15) is 9.59 Å². The first-order valence-electron chi connectivity index (χ1n) is 7.43. The fourth-order valence-corrected chi connectivity index (χ4v) is 2.53. The van der Waals surface area contributed by atoms with Gasteiger partial charge in [0.15, 0.2) is 5.78 Å². The van der Waals surface area contributed by atoms with Gasteiger partial charge in [0.2, 0.25) is 0 Å². The zero-order chi connectivity index (χ0) is 16.3. The highest BCUT2D eigenvalue weighted by Crippen LogP contribution is 2.25. The van der Waals surface area contributed by atoms with E-state index in [2.05, 4.69) is 0 Å². The second-order valence-corrected chi connectivity index (χ2v) is 6.47. The Hall–Kier alpha value is -1.88. The van der Waals surface area contributed by atoms with Gasteiger partial charge in [0.1, 0.15) is 11.6 Å². The highest BCUT2D eigenvalue weighted by Gasteiger charge is 2.41. The molecular weight excluding hydrogens is 282 g/mol. The third kappa shape index (κ3) is 3.85. The molecule has 1 saturated heterocycles. The lowest BCUT2D eigenvalue weighted by atomic mass is 10.0. The molecule has 22 heavy (non-hydrogen) atoms. The molecule has 0 spiro atoms. The van der Waals surface area contributed by atoms with E-state index >= 15 is 0 Å². The van der Waals surface area contributed by atoms with Crippen LogP contribution in [0.4, 0.5) is 4.79 Å². The molecule has 0 aliphatic carbocycles. The predicted molar refractivity (Wildman–Crippen MR) is 82.9 cm³/mol. The zero-order valence-electron chi connectivity index (χ0n) is 13.5. The molecule has 1 amide bonds. The Labute approximate surface area is 131 Å². The number of rotatable bonds is 3. The molecule has 0 bridgehead atoms. The molecule has 1 aromatic carbocycles. The lowest BCUT2D eigenvalue weighted by Crippen LogP contribution is -2.43. The molecule has 0 unspecified atom stereocenters. The lowest BCUT2D eigenvalue weighted by molar-refractivity contribution is 0.0194. The summed E-state index contributed by atoms with van der Waals surface area (Å²) in [5.74, 6) is -0.0778. The van der Waals surface area contributed by atoms with Gasteiger partial charge < -0.3 is 9.47 Å². The van der Waals surface area contributed by atoms with Gasteiger partial charge >= 0.3 is 6.09 Å². The summed E-state index contributed by atoms with van der Waals surface area (Å²) in [4.78, 5) is 26.5. The Balaban J connectivity index is 2.19. The molecule has 2 rings (SSSR count). The van der Waals surface area contributed by atoms with Crippen LogP contribution < -0.4 is 0 Å². The number of benzene rings is 1. The summed E-state index contributed by atoms with van der Waals surface area (Å²) in [5, 5.41) is 0. The van der Waals surface area contributed by atoms with Gasteiger partial charge in [0, 0.05) is 19.1 Å². The maximum absolute atomic E-state index is 12.7. The maximum atomic E-state index is 12.7. The van der Waals surface area contributed by atoms with Gasteiger partial charge in [-0.05, 0) is 20.8 Å². The minimum Gasteiger partial charge on any atom is -0.444 e. The Kier molecular flexibility index (Phi) is 4.86. The fourth-order valence-electron chi connectivity index (χ4n) is 2.53. The van der Waals surface area contributed by atoms with Gasteiger partial charge in [0.05, 0.1) is 12.6 Å². The number of carbonyl (C=O) groups is 2. The maximum Gasteiger partial charge on any atom is 0.411 e. The van der Waals surface area contributed by atoms with Crippen molar-refractivity contribution in [1.29, 1.82) is 0 Å². The molecule has 1 aliphatic rings. The first kappa shape index (κ1) is 16.5. The van der Waals surface area contributed by atoms with E-state index < -0.39 is 17.7 Å². The van der Waals surface area contributed by atoms with Crippen LogP contribution in [0.1, 0.15) is 37.6 Å². The molecule has 1 fully saturated rings. The molecule has 0 N–H and O–H groups in total. The Morgan fingerprint density at radius 1 is 1.18 bits per heavy atom. The first-order chi connectivity index (χ1) is 10.3. The van der Waals surface area contributed by atoms with Crippen LogP contribution in [-0.2, 0) is 9.47 Å². The normalized spacial score (nSPS) is 21.7. The lowest BCUT2D eigenvalue weighted by Gasteiger charge is -2.27. The van der Waals surface area contributed by atoms with Gasteiger partial charge in [-0.15, -0.1) is 0 Å². The number of ether oxygens (including phenoxy) is 2. The molecule has 5 nitrogen and oxygen atoms in total. The van der Waals surface area contributed by atoms with Crippen LogP contribution in [0.15, 0.2) is 30.3 Å². The highest BCUT2D eigenvalue weighted by atomic mass is 16.6. The number of methoxy groups -OCH3 is 1. The summed E-state index contributed by atoms with van der Waals surface area (Å²) in [6.45, 7) is 5.79. The van der Waals surface area contributed by atoms with Crippen molar-refractivity contribution in [3.63, 3.8) is 0 Å². The molecule has 2 atom stereocenters. The summed E-state index contributed by atoms with van der Waals surface area (Å²) >= 11 is 0. The van der Waals surface area contributed by atoms with Crippen LogP contribution >= 0.6 is 0 Å². The minimum atomic E-state index is -0.595. The topological polar surface area (TPSA) is 55.8 Å². The van der Waals surface area contributed by atoms with Crippen LogP contribution in [0.2, 0.25) is 0 Å². The van der Waals surface area contributed by atoms with E-state index in [1.807, 2.05) is 39.0 Å². The van der Waals surface area contributed by atoms with Crippen LogP contribution in [0.5, 0.6) is 0 Å². The van der Waals surface area contributed by atoms with Crippen LogP contribution in [-0.4, -0.2) is 48.2 Å². The summed E-state index contributed by atoms with van der Waals surface area (Å²) in [5.41, 5.74) is 0.000540. The van der Waals surface area contributed by atoms with Crippen molar-refractivity contribution in [1.82, 2.24) is 4.90 Å². The average molecular weight is 305 g/mol. The molecule has 0 radical (unpaired) electrons. The van der Waals surface area contributed by atoms with Gasteiger partial charge in [-0.1, -0.05) is 30.3 Å². The van der Waals surface area contributed by atoms with E-state index in [0.717, 1.165) is 0 Å². The van der Waals surface area contributed by atoms with Gasteiger partial charge in [0.25, 0.3) is 0 Å². The highest BCUT2D eigenvalue weighted by molar-refractivity contribution is 6.01. The van der Waals surface area contributed by atoms with Crippen molar-refractivity contribution in [3.05, 3.63) is 35.9 Å². The Bertz CT molecular complexity index is 535. The quantitative estimate of drug-likeness (QED) is 0.806. The second kappa shape index (κ2) is 6.48. The number of ketones is 1. The van der Waals surface area contributed by atoms with Crippen LogP contribution in [0.3, 0.4) is 0 Å². The predicted octanol–water partition coefficient (Wildman–Crippen LogP) is 2.89. The van der Waals surface area contributed by atoms with Crippen molar-refractivity contribution in [2.75, 3.05) is 13.7 Å². The third-order valence-electron chi connectivity index (χ3n) is 3.59. The van der Waals surface area contributed by atoms with Crippen molar-refractivity contribution in [2.24, 2.45) is 0 Å². The number of likely N-dealkylation sites (tertiary alicyclic amines) is 1. The molecule has 5 heteroatoms. The number of nitrogens with zero attached hydrogens (tertiary/aromatic N) is 1. The fraction of sp³-hybridized carbons (Fsp3) is 0.529.